The van der Waals surface area contributed by atoms with E-state index < -0.39 is 0 Å². The summed E-state index contributed by atoms with van der Waals surface area (Å²) in [6, 6.07) is 8.73. The molecule has 3 unspecified atom stereocenters. The van der Waals surface area contributed by atoms with Crippen molar-refractivity contribution in [1.29, 1.82) is 0 Å². The van der Waals surface area contributed by atoms with Crippen molar-refractivity contribution >= 4 is 5.91 Å². The molecule has 0 saturated carbocycles. The molecule has 1 aromatic carbocycles. The van der Waals surface area contributed by atoms with Crippen molar-refractivity contribution in [3.63, 3.8) is 0 Å². The molecule has 0 aromatic heterocycles. The topological polar surface area (TPSA) is 38.8 Å². The van der Waals surface area contributed by atoms with Gasteiger partial charge in [-0.15, -0.1) is 0 Å². The van der Waals surface area contributed by atoms with Gasteiger partial charge in [-0.1, -0.05) is 24.3 Å². The summed E-state index contributed by atoms with van der Waals surface area (Å²) < 4.78 is 0. The first-order chi connectivity index (χ1) is 12.3. The molecular formula is C20H30N4O. The maximum absolute atomic E-state index is 12.7. The van der Waals surface area contributed by atoms with Gasteiger partial charge in [0.05, 0.1) is 0 Å². The van der Waals surface area contributed by atoms with Crippen molar-refractivity contribution in [1.82, 2.24) is 20.0 Å². The van der Waals surface area contributed by atoms with Crippen LogP contribution in [0.5, 0.6) is 0 Å². The summed E-state index contributed by atoms with van der Waals surface area (Å²) in [6.45, 7) is 9.33. The van der Waals surface area contributed by atoms with Crippen molar-refractivity contribution in [3.8, 4) is 0 Å². The largest absolute Gasteiger partial charge is 0.351 e. The molecule has 4 heterocycles. The number of piperazine rings is 1. The number of rotatable bonds is 5. The van der Waals surface area contributed by atoms with E-state index in [1.54, 1.807) is 0 Å². The van der Waals surface area contributed by atoms with Crippen LogP contribution in [0.1, 0.15) is 30.4 Å². The van der Waals surface area contributed by atoms with Gasteiger partial charge in [0.15, 0.2) is 0 Å². The highest BCUT2D eigenvalue weighted by atomic mass is 16.2. The molecule has 1 amide bonds. The van der Waals surface area contributed by atoms with Crippen LogP contribution in [-0.4, -0.2) is 72.5 Å². The van der Waals surface area contributed by atoms with Crippen molar-refractivity contribution < 1.29 is 4.79 Å². The predicted octanol–water partition coefficient (Wildman–Crippen LogP) is 1.29. The molecule has 25 heavy (non-hydrogen) atoms. The predicted molar refractivity (Wildman–Crippen MR) is 99.2 cm³/mol. The fourth-order valence-electron chi connectivity index (χ4n) is 4.44. The molecule has 0 aliphatic carbocycles. The fourth-order valence-corrected chi connectivity index (χ4v) is 4.44. The summed E-state index contributed by atoms with van der Waals surface area (Å²) in [6.07, 6.45) is 3.83. The molecule has 4 aliphatic heterocycles. The Morgan fingerprint density at radius 2 is 1.84 bits per heavy atom. The number of likely N-dealkylation sites (tertiary alicyclic amines) is 1. The molecule has 1 aromatic rings. The van der Waals surface area contributed by atoms with Crippen LogP contribution in [0.15, 0.2) is 24.3 Å². The van der Waals surface area contributed by atoms with E-state index in [2.05, 4.69) is 44.3 Å². The third kappa shape index (κ3) is 4.22. The quantitative estimate of drug-likeness (QED) is 0.875. The summed E-state index contributed by atoms with van der Waals surface area (Å²) in [4.78, 5) is 20.0. The van der Waals surface area contributed by atoms with Gasteiger partial charge in [-0.25, -0.2) is 0 Å². The Hall–Kier alpha value is -1.43. The average Bonchev–Trinajstić information content (AvgIpc) is 2.93. The van der Waals surface area contributed by atoms with Crippen molar-refractivity contribution in [2.75, 3.05) is 45.8 Å². The van der Waals surface area contributed by atoms with Crippen LogP contribution in [0.3, 0.4) is 0 Å². The van der Waals surface area contributed by atoms with E-state index in [0.717, 1.165) is 39.3 Å². The molecule has 2 bridgehead atoms. The van der Waals surface area contributed by atoms with Gasteiger partial charge in [0.1, 0.15) is 6.04 Å². The zero-order valence-electron chi connectivity index (χ0n) is 15.1. The van der Waals surface area contributed by atoms with Gasteiger partial charge in [0, 0.05) is 39.3 Å². The minimum Gasteiger partial charge on any atom is -0.351 e. The van der Waals surface area contributed by atoms with Gasteiger partial charge < -0.3 is 5.32 Å². The van der Waals surface area contributed by atoms with Crippen LogP contribution in [0.25, 0.3) is 0 Å². The average molecular weight is 342 g/mol. The lowest BCUT2D eigenvalue weighted by atomic mass is 10.1. The number of hydrogen-bond donors (Lipinski definition) is 1. The molecule has 5 rings (SSSR count). The Morgan fingerprint density at radius 1 is 1.00 bits per heavy atom. The van der Waals surface area contributed by atoms with E-state index in [9.17, 15) is 4.79 Å². The van der Waals surface area contributed by atoms with Crippen molar-refractivity contribution in [3.05, 3.63) is 35.4 Å². The van der Waals surface area contributed by atoms with Crippen LogP contribution < -0.4 is 5.32 Å². The third-order valence-corrected chi connectivity index (χ3v) is 5.86. The van der Waals surface area contributed by atoms with Crippen LogP contribution in [0, 0.1) is 0 Å². The second-order valence-electron chi connectivity index (χ2n) is 7.73. The summed E-state index contributed by atoms with van der Waals surface area (Å²) in [5, 5.41) is 3.18. The second kappa shape index (κ2) is 7.85. The number of hydrogen-bond acceptors (Lipinski definition) is 4. The maximum Gasteiger partial charge on any atom is 0.238 e. The second-order valence-corrected chi connectivity index (χ2v) is 7.73. The molecule has 1 N–H and O–H groups in total. The Bertz CT molecular complexity index is 595. The third-order valence-electron chi connectivity index (χ3n) is 5.86. The number of nitrogens with zero attached hydrogens (tertiary/aromatic N) is 3. The van der Waals surface area contributed by atoms with Gasteiger partial charge in [-0.2, -0.15) is 0 Å². The minimum absolute atomic E-state index is 0.0315. The minimum atomic E-state index is 0.0315. The zero-order valence-corrected chi connectivity index (χ0v) is 15.1. The number of nitrogens with one attached hydrogen (secondary N) is 1. The fraction of sp³-hybridized carbons (Fsp3) is 0.650. The SMILES string of the molecule is O=C(NCc1cccc(CN2CCCC2)c1)C1CN2CCCN1CC2. The molecule has 0 spiro atoms. The highest BCUT2D eigenvalue weighted by molar-refractivity contribution is 5.82. The van der Waals surface area contributed by atoms with Crippen molar-refractivity contribution in [2.45, 2.75) is 38.4 Å². The molecule has 4 saturated heterocycles. The van der Waals surface area contributed by atoms with E-state index >= 15 is 0 Å². The number of benzene rings is 1. The van der Waals surface area contributed by atoms with E-state index in [0.29, 0.717) is 6.54 Å². The van der Waals surface area contributed by atoms with Crippen LogP contribution >= 0.6 is 0 Å². The summed E-state index contributed by atoms with van der Waals surface area (Å²) in [5.41, 5.74) is 2.57. The lowest BCUT2D eigenvalue weighted by molar-refractivity contribution is -0.128. The Labute approximate surface area is 151 Å². The van der Waals surface area contributed by atoms with E-state index in [-0.39, 0.29) is 11.9 Å². The number of carbonyl (C=O) groups is 1. The smallest absolute Gasteiger partial charge is 0.238 e. The first kappa shape index (κ1) is 17.0. The highest BCUT2D eigenvalue weighted by Crippen LogP contribution is 2.16. The number of fused-ring (bicyclic) bond motifs is 4. The Morgan fingerprint density at radius 3 is 2.72 bits per heavy atom. The number of carbonyl (C=O) groups excluding carboxylic acids is 1. The van der Waals surface area contributed by atoms with Gasteiger partial charge in [-0.3, -0.25) is 19.5 Å². The Balaban J connectivity index is 1.32. The summed E-state index contributed by atoms with van der Waals surface area (Å²) in [7, 11) is 0. The molecule has 3 atom stereocenters. The molecule has 5 heteroatoms. The van der Waals surface area contributed by atoms with Crippen LogP contribution in [0.4, 0.5) is 0 Å². The normalized spacial score (nSPS) is 29.5. The van der Waals surface area contributed by atoms with Gasteiger partial charge in [-0.05, 0) is 50.0 Å². The monoisotopic (exact) mass is 342 g/mol. The van der Waals surface area contributed by atoms with Gasteiger partial charge >= 0.3 is 0 Å². The summed E-state index contributed by atoms with van der Waals surface area (Å²) >= 11 is 0. The Kier molecular flexibility index (Phi) is 5.34. The molecule has 4 fully saturated rings. The number of amides is 1. The maximum atomic E-state index is 12.7. The standard InChI is InChI=1S/C20H30N4O/c25-20(19-16-23-9-4-10-24(19)12-11-23)21-14-17-5-3-6-18(13-17)15-22-7-1-2-8-22/h3,5-6,13,19H,1-2,4,7-12,14-16H2,(H,21,25). The molecular weight excluding hydrogens is 312 g/mol. The van der Waals surface area contributed by atoms with E-state index in [1.165, 1.54) is 43.5 Å². The zero-order chi connectivity index (χ0) is 17.1. The highest BCUT2D eigenvalue weighted by Gasteiger charge is 2.34. The first-order valence-electron chi connectivity index (χ1n) is 9.82. The van der Waals surface area contributed by atoms with E-state index in [4.69, 9.17) is 0 Å². The van der Waals surface area contributed by atoms with Gasteiger partial charge in [0.25, 0.3) is 0 Å². The molecule has 5 nitrogen and oxygen atoms in total. The van der Waals surface area contributed by atoms with Crippen LogP contribution in [-0.2, 0) is 17.9 Å². The molecule has 136 valence electrons. The van der Waals surface area contributed by atoms with E-state index in [1.807, 2.05) is 0 Å². The first-order valence-corrected chi connectivity index (χ1v) is 9.82. The molecule has 0 radical (unpaired) electrons. The lowest BCUT2D eigenvalue weighted by Crippen LogP contribution is -2.56. The van der Waals surface area contributed by atoms with Crippen LogP contribution in [0.2, 0.25) is 0 Å². The molecule has 4 aliphatic rings. The van der Waals surface area contributed by atoms with Gasteiger partial charge in [0.2, 0.25) is 5.91 Å². The van der Waals surface area contributed by atoms with Crippen molar-refractivity contribution in [2.24, 2.45) is 0 Å². The summed E-state index contributed by atoms with van der Waals surface area (Å²) in [5.74, 6) is 0.191. The lowest BCUT2D eigenvalue weighted by Gasteiger charge is -2.36.